The summed E-state index contributed by atoms with van der Waals surface area (Å²) in [6.07, 6.45) is 7.08. The van der Waals surface area contributed by atoms with Crippen molar-refractivity contribution in [2.24, 2.45) is 0 Å². The standard InChI is InChI=1S/C20H19N3O2/c1-15-5-7-16(8-6-15)20-23-18(14-25-20)11-13-22-19(24)10-9-17-4-2-3-12-21-17/h2-10,12,14H,11,13H2,1H3,(H,22,24). The molecular formula is C20H19N3O2. The van der Waals surface area contributed by atoms with E-state index in [4.69, 9.17) is 4.42 Å². The molecule has 0 bridgehead atoms. The van der Waals surface area contributed by atoms with Crippen LogP contribution in [0, 0.1) is 6.92 Å². The van der Waals surface area contributed by atoms with E-state index in [1.54, 1.807) is 18.5 Å². The highest BCUT2D eigenvalue weighted by atomic mass is 16.3. The maximum atomic E-state index is 11.8. The first-order valence-corrected chi connectivity index (χ1v) is 8.09. The molecule has 3 rings (SSSR count). The monoisotopic (exact) mass is 333 g/mol. The summed E-state index contributed by atoms with van der Waals surface area (Å²) in [7, 11) is 0. The fraction of sp³-hybridized carbons (Fsp3) is 0.150. The number of carbonyl (C=O) groups is 1. The van der Waals surface area contributed by atoms with Gasteiger partial charge in [0.1, 0.15) is 6.26 Å². The topological polar surface area (TPSA) is 68.0 Å². The summed E-state index contributed by atoms with van der Waals surface area (Å²) in [6, 6.07) is 13.6. The molecule has 2 aromatic heterocycles. The van der Waals surface area contributed by atoms with Crippen LogP contribution in [0.25, 0.3) is 17.5 Å². The van der Waals surface area contributed by atoms with E-state index in [1.807, 2.05) is 49.4 Å². The molecule has 0 aliphatic rings. The van der Waals surface area contributed by atoms with Gasteiger partial charge in [-0.25, -0.2) is 4.98 Å². The minimum Gasteiger partial charge on any atom is -0.444 e. The number of rotatable bonds is 6. The lowest BCUT2D eigenvalue weighted by molar-refractivity contribution is -0.116. The Morgan fingerprint density at radius 1 is 1.20 bits per heavy atom. The number of nitrogens with zero attached hydrogens (tertiary/aromatic N) is 2. The molecule has 1 N–H and O–H groups in total. The molecule has 2 heterocycles. The van der Waals surface area contributed by atoms with Crippen LogP contribution >= 0.6 is 0 Å². The van der Waals surface area contributed by atoms with Gasteiger partial charge in [-0.05, 0) is 37.3 Å². The average molecular weight is 333 g/mol. The van der Waals surface area contributed by atoms with Crippen molar-refractivity contribution < 1.29 is 9.21 Å². The molecule has 1 amide bonds. The zero-order valence-electron chi connectivity index (χ0n) is 14.0. The predicted octanol–water partition coefficient (Wildman–Crippen LogP) is 3.42. The van der Waals surface area contributed by atoms with Crippen LogP contribution in [-0.2, 0) is 11.2 Å². The second-order valence-corrected chi connectivity index (χ2v) is 5.64. The first kappa shape index (κ1) is 16.6. The minimum absolute atomic E-state index is 0.159. The molecule has 0 saturated carbocycles. The summed E-state index contributed by atoms with van der Waals surface area (Å²) < 4.78 is 5.51. The van der Waals surface area contributed by atoms with Gasteiger partial charge in [-0.1, -0.05) is 23.8 Å². The molecule has 0 fully saturated rings. The molecule has 1 aromatic carbocycles. The maximum Gasteiger partial charge on any atom is 0.244 e. The minimum atomic E-state index is -0.159. The van der Waals surface area contributed by atoms with E-state index >= 15 is 0 Å². The van der Waals surface area contributed by atoms with E-state index in [0.717, 1.165) is 17.0 Å². The van der Waals surface area contributed by atoms with Crippen molar-refractivity contribution >= 4 is 12.0 Å². The van der Waals surface area contributed by atoms with Crippen molar-refractivity contribution in [1.82, 2.24) is 15.3 Å². The third-order valence-corrected chi connectivity index (χ3v) is 3.62. The molecule has 0 saturated heterocycles. The van der Waals surface area contributed by atoms with Crippen molar-refractivity contribution in [1.29, 1.82) is 0 Å². The molecular weight excluding hydrogens is 314 g/mol. The Kier molecular flexibility index (Phi) is 5.36. The molecule has 5 heteroatoms. The maximum absolute atomic E-state index is 11.8. The number of aromatic nitrogens is 2. The Morgan fingerprint density at radius 3 is 2.80 bits per heavy atom. The van der Waals surface area contributed by atoms with E-state index < -0.39 is 0 Å². The largest absolute Gasteiger partial charge is 0.444 e. The van der Waals surface area contributed by atoms with E-state index in [1.165, 1.54) is 11.6 Å². The van der Waals surface area contributed by atoms with Crippen LogP contribution in [0.15, 0.2) is 65.4 Å². The number of aryl methyl sites for hydroxylation is 1. The predicted molar refractivity (Wildman–Crippen MR) is 96.7 cm³/mol. The molecule has 0 aliphatic heterocycles. The van der Waals surface area contributed by atoms with E-state index in [0.29, 0.717) is 18.9 Å². The summed E-state index contributed by atoms with van der Waals surface area (Å²) in [5.41, 5.74) is 3.69. The molecule has 0 atom stereocenters. The Labute approximate surface area is 146 Å². The Balaban J connectivity index is 1.48. The summed E-state index contributed by atoms with van der Waals surface area (Å²) >= 11 is 0. The molecule has 5 nitrogen and oxygen atoms in total. The van der Waals surface area contributed by atoms with Crippen LogP contribution in [0.3, 0.4) is 0 Å². The van der Waals surface area contributed by atoms with Gasteiger partial charge in [-0.15, -0.1) is 0 Å². The van der Waals surface area contributed by atoms with E-state index in [9.17, 15) is 4.79 Å². The van der Waals surface area contributed by atoms with Crippen molar-refractivity contribution in [3.05, 3.63) is 78.0 Å². The number of hydrogen-bond donors (Lipinski definition) is 1. The Morgan fingerprint density at radius 2 is 2.04 bits per heavy atom. The van der Waals surface area contributed by atoms with Crippen molar-refractivity contribution in [3.8, 4) is 11.5 Å². The lowest BCUT2D eigenvalue weighted by Crippen LogP contribution is -2.23. The van der Waals surface area contributed by atoms with Gasteiger partial charge in [-0.3, -0.25) is 9.78 Å². The average Bonchev–Trinajstić information content (AvgIpc) is 3.10. The van der Waals surface area contributed by atoms with E-state index in [-0.39, 0.29) is 5.91 Å². The van der Waals surface area contributed by atoms with E-state index in [2.05, 4.69) is 15.3 Å². The van der Waals surface area contributed by atoms with Crippen molar-refractivity contribution in [2.75, 3.05) is 6.54 Å². The third-order valence-electron chi connectivity index (χ3n) is 3.62. The number of oxazole rings is 1. The third kappa shape index (κ3) is 4.88. The number of pyridine rings is 1. The SMILES string of the molecule is Cc1ccc(-c2nc(CCNC(=O)C=Cc3ccccn3)co2)cc1. The number of nitrogens with one attached hydrogen (secondary N) is 1. The van der Waals surface area contributed by atoms with Crippen molar-refractivity contribution in [2.45, 2.75) is 13.3 Å². The zero-order valence-corrected chi connectivity index (χ0v) is 14.0. The fourth-order valence-electron chi connectivity index (χ4n) is 2.26. The second kappa shape index (κ2) is 8.06. The number of carbonyl (C=O) groups excluding carboxylic acids is 1. The lowest BCUT2D eigenvalue weighted by Gasteiger charge is -1.99. The van der Waals surface area contributed by atoms with Crippen LogP contribution in [0.4, 0.5) is 0 Å². The first-order chi connectivity index (χ1) is 12.2. The molecule has 0 unspecified atom stereocenters. The zero-order chi connectivity index (χ0) is 17.5. The summed E-state index contributed by atoms with van der Waals surface area (Å²) in [4.78, 5) is 20.4. The number of amides is 1. The van der Waals surface area contributed by atoms with Gasteiger partial charge in [0.05, 0.1) is 11.4 Å². The van der Waals surface area contributed by atoms with Gasteiger partial charge in [0.25, 0.3) is 0 Å². The van der Waals surface area contributed by atoms with Crippen molar-refractivity contribution in [3.63, 3.8) is 0 Å². The van der Waals surface area contributed by atoms with Crippen LogP contribution in [0.2, 0.25) is 0 Å². The van der Waals surface area contributed by atoms with Gasteiger partial charge in [0, 0.05) is 30.8 Å². The summed E-state index contributed by atoms with van der Waals surface area (Å²) in [5, 5.41) is 2.82. The Hall–Kier alpha value is -3.21. The summed E-state index contributed by atoms with van der Waals surface area (Å²) in [5.74, 6) is 0.435. The van der Waals surface area contributed by atoms with Gasteiger partial charge in [0.2, 0.25) is 11.8 Å². The number of benzene rings is 1. The highest BCUT2D eigenvalue weighted by Gasteiger charge is 2.06. The summed E-state index contributed by atoms with van der Waals surface area (Å²) in [6.45, 7) is 2.53. The molecule has 3 aromatic rings. The van der Waals surface area contributed by atoms with Crippen LogP contribution in [0.1, 0.15) is 17.0 Å². The number of hydrogen-bond acceptors (Lipinski definition) is 4. The molecule has 0 spiro atoms. The molecule has 0 aliphatic carbocycles. The van der Waals surface area contributed by atoms with Gasteiger partial charge >= 0.3 is 0 Å². The van der Waals surface area contributed by atoms with Gasteiger partial charge in [-0.2, -0.15) is 0 Å². The quantitative estimate of drug-likeness (QED) is 0.702. The lowest BCUT2D eigenvalue weighted by atomic mass is 10.1. The van der Waals surface area contributed by atoms with Crippen LogP contribution in [-0.4, -0.2) is 22.4 Å². The van der Waals surface area contributed by atoms with Crippen LogP contribution in [0.5, 0.6) is 0 Å². The first-order valence-electron chi connectivity index (χ1n) is 8.09. The highest BCUT2D eigenvalue weighted by Crippen LogP contribution is 2.19. The molecule has 0 radical (unpaired) electrons. The second-order valence-electron chi connectivity index (χ2n) is 5.64. The van der Waals surface area contributed by atoms with Crippen LogP contribution < -0.4 is 5.32 Å². The van der Waals surface area contributed by atoms with Gasteiger partial charge in [0.15, 0.2) is 0 Å². The molecule has 126 valence electrons. The normalized spacial score (nSPS) is 10.9. The Bertz CT molecular complexity index is 852. The smallest absolute Gasteiger partial charge is 0.244 e. The molecule has 25 heavy (non-hydrogen) atoms. The fourth-order valence-corrected chi connectivity index (χ4v) is 2.26. The highest BCUT2D eigenvalue weighted by molar-refractivity contribution is 5.91. The van der Waals surface area contributed by atoms with Gasteiger partial charge < -0.3 is 9.73 Å².